The van der Waals surface area contributed by atoms with Crippen LogP contribution < -0.4 is 21.7 Å². The van der Waals surface area contributed by atoms with E-state index in [4.69, 9.17) is 15.9 Å². The van der Waals surface area contributed by atoms with E-state index in [0.29, 0.717) is 51.7 Å². The summed E-state index contributed by atoms with van der Waals surface area (Å²) in [7, 11) is 0. The van der Waals surface area contributed by atoms with E-state index < -0.39 is 24.1 Å². The Kier molecular flexibility index (Phi) is 13.1. The molecule has 0 radical (unpaired) electrons. The van der Waals surface area contributed by atoms with Gasteiger partial charge < -0.3 is 26.0 Å². The van der Waals surface area contributed by atoms with Gasteiger partial charge in [0.25, 0.3) is 0 Å². The molecule has 1 aliphatic heterocycles. The maximum atomic E-state index is 12.9. The van der Waals surface area contributed by atoms with Crippen LogP contribution in [0.25, 0.3) is 0 Å². The summed E-state index contributed by atoms with van der Waals surface area (Å²) in [6, 6.07) is 17.6. The van der Waals surface area contributed by atoms with Crippen LogP contribution in [0.15, 0.2) is 60.7 Å². The molecule has 2 aromatic rings. The molecule has 10 nitrogen and oxygen atoms in total. The molecule has 0 aromatic heterocycles. The molecule has 1 fully saturated rings. The largest absolute Gasteiger partial charge is 0.445 e. The summed E-state index contributed by atoms with van der Waals surface area (Å²) in [6.07, 6.45) is 2.54. The summed E-state index contributed by atoms with van der Waals surface area (Å²) in [5.74, 6) is -0.762. The van der Waals surface area contributed by atoms with Crippen molar-refractivity contribution in [2.24, 2.45) is 5.73 Å². The first-order valence-electron chi connectivity index (χ1n) is 12.6. The van der Waals surface area contributed by atoms with Crippen LogP contribution in [0.1, 0.15) is 36.8 Å². The lowest BCUT2D eigenvalue weighted by Gasteiger charge is -2.27. The van der Waals surface area contributed by atoms with Gasteiger partial charge in [0, 0.05) is 19.6 Å². The molecule has 2 atom stereocenters. The number of likely N-dealkylation sites (tertiary alicyclic amines) is 1. The van der Waals surface area contributed by atoms with Crippen molar-refractivity contribution < 1.29 is 19.1 Å². The van der Waals surface area contributed by atoms with E-state index in [1.165, 1.54) is 4.90 Å². The minimum absolute atomic E-state index is 0. The molecule has 3 rings (SSSR count). The molecule has 0 spiro atoms. The minimum Gasteiger partial charge on any atom is -0.445 e. The van der Waals surface area contributed by atoms with Crippen molar-refractivity contribution in [3.63, 3.8) is 0 Å². The van der Waals surface area contributed by atoms with Crippen LogP contribution in [-0.2, 0) is 27.4 Å². The highest BCUT2D eigenvalue weighted by molar-refractivity contribution is 6.00. The number of nitrogens with zero attached hydrogens (tertiary/aromatic N) is 1. The van der Waals surface area contributed by atoms with Gasteiger partial charge in [-0.05, 0) is 43.2 Å². The zero-order valence-electron chi connectivity index (χ0n) is 21.4. The highest BCUT2D eigenvalue weighted by Gasteiger charge is 2.36. The topological polar surface area (TPSA) is 150 Å². The van der Waals surface area contributed by atoms with E-state index in [2.05, 4.69) is 16.0 Å². The number of halogens is 1. The zero-order valence-corrected chi connectivity index (χ0v) is 22.2. The van der Waals surface area contributed by atoms with Gasteiger partial charge in [0.1, 0.15) is 12.6 Å². The molecule has 1 saturated heterocycles. The molecule has 0 saturated carbocycles. The molecule has 2 aromatic carbocycles. The fourth-order valence-corrected chi connectivity index (χ4v) is 4.15. The lowest BCUT2D eigenvalue weighted by Crippen LogP contribution is -2.54. The van der Waals surface area contributed by atoms with Crippen LogP contribution >= 0.6 is 12.4 Å². The van der Waals surface area contributed by atoms with Crippen molar-refractivity contribution in [1.82, 2.24) is 20.9 Å². The lowest BCUT2D eigenvalue weighted by atomic mass is 10.1. The van der Waals surface area contributed by atoms with Crippen molar-refractivity contribution in [3.8, 4) is 0 Å². The van der Waals surface area contributed by atoms with Crippen molar-refractivity contribution >= 4 is 36.3 Å². The average molecular weight is 545 g/mol. The fourth-order valence-electron chi connectivity index (χ4n) is 4.15. The molecule has 0 aliphatic carbocycles. The van der Waals surface area contributed by atoms with Crippen LogP contribution in [0.3, 0.4) is 0 Å². The van der Waals surface area contributed by atoms with E-state index in [1.807, 2.05) is 60.7 Å². The Hall–Kier alpha value is -3.63. The third kappa shape index (κ3) is 10.0. The number of hydrogen-bond acceptors (Lipinski definition) is 6. The Morgan fingerprint density at radius 1 is 0.974 bits per heavy atom. The molecular formula is C27H37ClN6O4. The number of guanidine groups is 1. The van der Waals surface area contributed by atoms with Gasteiger partial charge in [-0.1, -0.05) is 60.7 Å². The van der Waals surface area contributed by atoms with E-state index >= 15 is 0 Å². The molecule has 11 heteroatoms. The number of ether oxygens (including phenoxy) is 1. The van der Waals surface area contributed by atoms with Gasteiger partial charge in [-0.15, -0.1) is 12.4 Å². The minimum atomic E-state index is -0.724. The maximum absolute atomic E-state index is 12.9. The smallest absolute Gasteiger partial charge is 0.407 e. The third-order valence-corrected chi connectivity index (χ3v) is 6.09. The first-order chi connectivity index (χ1) is 17.9. The van der Waals surface area contributed by atoms with Gasteiger partial charge >= 0.3 is 6.09 Å². The average Bonchev–Trinajstić information content (AvgIpc) is 3.40. The monoisotopic (exact) mass is 544 g/mol. The number of carbonyl (C=O) groups is 3. The molecule has 0 bridgehead atoms. The number of nitrogens with two attached hydrogens (primary N) is 1. The quantitative estimate of drug-likeness (QED) is 0.166. The van der Waals surface area contributed by atoms with Crippen LogP contribution in [-0.4, -0.2) is 60.5 Å². The first kappa shape index (κ1) is 30.6. The second-order valence-electron chi connectivity index (χ2n) is 8.97. The summed E-state index contributed by atoms with van der Waals surface area (Å²) in [5.41, 5.74) is 8.03. The molecule has 3 amide bonds. The highest BCUT2D eigenvalue weighted by atomic mass is 35.5. The predicted octanol–water partition coefficient (Wildman–Crippen LogP) is 2.32. The molecular weight excluding hydrogens is 508 g/mol. The molecule has 0 unspecified atom stereocenters. The van der Waals surface area contributed by atoms with E-state index in [9.17, 15) is 14.4 Å². The number of rotatable bonds is 11. The van der Waals surface area contributed by atoms with E-state index in [0.717, 1.165) is 11.1 Å². The van der Waals surface area contributed by atoms with Gasteiger partial charge in [-0.2, -0.15) is 0 Å². The number of nitrogens with one attached hydrogen (secondary N) is 4. The molecule has 6 N–H and O–H groups in total. The summed E-state index contributed by atoms with van der Waals surface area (Å²) < 4.78 is 5.15. The van der Waals surface area contributed by atoms with Gasteiger partial charge in [0.2, 0.25) is 11.8 Å². The van der Waals surface area contributed by atoms with Crippen LogP contribution in [0.4, 0.5) is 4.79 Å². The van der Waals surface area contributed by atoms with Crippen LogP contribution in [0.5, 0.6) is 0 Å². The SMILES string of the molecule is Cl.N=C(NCCCCNC(=O)OCc1ccccc1)NC(=O)[C@@H]1CCCN1C(=O)[C@H](N)Cc1ccccc1. The number of unbranched alkanes of at least 4 members (excludes halogenated alkanes) is 1. The van der Waals surface area contributed by atoms with Crippen molar-refractivity contribution in [1.29, 1.82) is 5.41 Å². The summed E-state index contributed by atoms with van der Waals surface area (Å²) in [6.45, 7) is 1.58. The summed E-state index contributed by atoms with van der Waals surface area (Å²) in [4.78, 5) is 38.9. The second kappa shape index (κ2) is 16.3. The Morgan fingerprint density at radius 2 is 1.58 bits per heavy atom. The molecule has 1 aliphatic rings. The van der Waals surface area contributed by atoms with Gasteiger partial charge in [-0.3, -0.25) is 20.3 Å². The maximum Gasteiger partial charge on any atom is 0.407 e. The van der Waals surface area contributed by atoms with E-state index in [1.54, 1.807) is 0 Å². The number of benzene rings is 2. The second-order valence-corrected chi connectivity index (χ2v) is 8.97. The van der Waals surface area contributed by atoms with Crippen molar-refractivity contribution in [3.05, 3.63) is 71.8 Å². The van der Waals surface area contributed by atoms with E-state index in [-0.39, 0.29) is 30.9 Å². The Labute approximate surface area is 229 Å². The van der Waals surface area contributed by atoms with Crippen LogP contribution in [0.2, 0.25) is 0 Å². The first-order valence-corrected chi connectivity index (χ1v) is 12.6. The van der Waals surface area contributed by atoms with Gasteiger partial charge in [-0.25, -0.2) is 4.79 Å². The standard InChI is InChI=1S/C27H36N6O4.ClH/c28-22(18-20-10-3-1-4-11-20)25(35)33-17-9-14-23(33)24(34)32-26(29)30-15-7-8-16-31-27(36)37-19-21-12-5-2-6-13-21;/h1-6,10-13,22-23H,7-9,14-19,28H2,(H,31,36)(H3,29,30,32,34);1H/t22-,23+;/m1./s1. The number of amides is 3. The molecule has 1 heterocycles. The van der Waals surface area contributed by atoms with Gasteiger partial charge in [0.15, 0.2) is 5.96 Å². The number of hydrogen-bond donors (Lipinski definition) is 5. The normalized spacial score (nSPS) is 15.1. The Morgan fingerprint density at radius 3 is 2.24 bits per heavy atom. The van der Waals surface area contributed by atoms with Gasteiger partial charge in [0.05, 0.1) is 6.04 Å². The summed E-state index contributed by atoms with van der Waals surface area (Å²) in [5, 5.41) is 16.1. The fraction of sp³-hybridized carbons (Fsp3) is 0.407. The Bertz CT molecular complexity index is 1040. The molecule has 206 valence electrons. The third-order valence-electron chi connectivity index (χ3n) is 6.09. The summed E-state index contributed by atoms with van der Waals surface area (Å²) >= 11 is 0. The Balaban J connectivity index is 0.00000507. The highest BCUT2D eigenvalue weighted by Crippen LogP contribution is 2.19. The van der Waals surface area contributed by atoms with Crippen LogP contribution in [0, 0.1) is 5.41 Å². The lowest BCUT2D eigenvalue weighted by molar-refractivity contribution is -0.138. The van der Waals surface area contributed by atoms with Crippen molar-refractivity contribution in [2.45, 2.75) is 50.8 Å². The van der Waals surface area contributed by atoms with Crippen molar-refractivity contribution in [2.75, 3.05) is 19.6 Å². The predicted molar refractivity (Wildman–Crippen MR) is 148 cm³/mol. The number of alkyl carbamates (subject to hydrolysis) is 1. The number of carbonyl (C=O) groups excluding carboxylic acids is 3. The molecule has 38 heavy (non-hydrogen) atoms. The zero-order chi connectivity index (χ0) is 26.5.